The molecule has 2 saturated heterocycles. The fourth-order valence-electron chi connectivity index (χ4n) is 5.31. The minimum Gasteiger partial charge on any atom is -0.508 e. The normalized spacial score (nSPS) is 19.5. The smallest absolute Gasteiger partial charge is 0.410 e. The van der Waals surface area contributed by atoms with Gasteiger partial charge in [0.1, 0.15) is 11.4 Å². The SMILES string of the molecule is CC(C)(C)OC(=O)N1CCC(Cc2cc(-c3ccc(O)cc3)cc3c2cnn3C2CCCCO2)CC1. The first-order valence-electron chi connectivity index (χ1n) is 13.2. The third-order valence-electron chi connectivity index (χ3n) is 7.21. The molecule has 1 aromatic heterocycles. The van der Waals surface area contributed by atoms with Crippen LogP contribution in [0.5, 0.6) is 5.75 Å². The lowest BCUT2D eigenvalue weighted by molar-refractivity contribution is -0.0366. The van der Waals surface area contributed by atoms with Crippen molar-refractivity contribution in [2.75, 3.05) is 19.7 Å². The van der Waals surface area contributed by atoms with Crippen molar-refractivity contribution in [2.24, 2.45) is 5.92 Å². The molecule has 2 fully saturated rings. The van der Waals surface area contributed by atoms with Crippen molar-refractivity contribution in [2.45, 2.75) is 71.1 Å². The zero-order valence-corrected chi connectivity index (χ0v) is 21.6. The lowest BCUT2D eigenvalue weighted by atomic mass is 9.88. The van der Waals surface area contributed by atoms with Gasteiger partial charge in [0, 0.05) is 25.1 Å². The van der Waals surface area contributed by atoms with Gasteiger partial charge < -0.3 is 19.5 Å². The van der Waals surface area contributed by atoms with E-state index in [0.29, 0.717) is 5.92 Å². The number of aromatic hydroxyl groups is 1. The maximum absolute atomic E-state index is 12.5. The van der Waals surface area contributed by atoms with Gasteiger partial charge in [0.2, 0.25) is 0 Å². The van der Waals surface area contributed by atoms with Crippen LogP contribution in [0.3, 0.4) is 0 Å². The Kier molecular flexibility index (Phi) is 6.93. The molecule has 0 spiro atoms. The van der Waals surface area contributed by atoms with Gasteiger partial charge in [0.15, 0.2) is 6.23 Å². The third-order valence-corrected chi connectivity index (χ3v) is 7.21. The molecule has 3 aromatic rings. The molecule has 2 aliphatic heterocycles. The van der Waals surface area contributed by atoms with Crippen molar-refractivity contribution in [1.82, 2.24) is 14.7 Å². The zero-order valence-electron chi connectivity index (χ0n) is 21.6. The molecular weight excluding hydrogens is 454 g/mol. The number of amides is 1. The molecular formula is C29H37N3O4. The predicted octanol–water partition coefficient (Wildman–Crippen LogP) is 6.30. The Bertz CT molecular complexity index is 1200. The zero-order chi connectivity index (χ0) is 25.3. The summed E-state index contributed by atoms with van der Waals surface area (Å²) in [5, 5.41) is 15.7. The van der Waals surface area contributed by atoms with Gasteiger partial charge in [-0.15, -0.1) is 0 Å². The highest BCUT2D eigenvalue weighted by Crippen LogP contribution is 2.34. The predicted molar refractivity (Wildman–Crippen MR) is 140 cm³/mol. The van der Waals surface area contributed by atoms with Gasteiger partial charge in [-0.25, -0.2) is 9.48 Å². The van der Waals surface area contributed by atoms with Crippen LogP contribution in [0.1, 0.15) is 64.7 Å². The van der Waals surface area contributed by atoms with E-state index in [1.165, 1.54) is 10.9 Å². The number of likely N-dealkylation sites (tertiary alicyclic amines) is 1. The van der Waals surface area contributed by atoms with Gasteiger partial charge >= 0.3 is 6.09 Å². The first-order chi connectivity index (χ1) is 17.3. The van der Waals surface area contributed by atoms with Gasteiger partial charge in [-0.2, -0.15) is 5.10 Å². The monoisotopic (exact) mass is 491 g/mol. The summed E-state index contributed by atoms with van der Waals surface area (Å²) in [7, 11) is 0. The number of phenols is 1. The summed E-state index contributed by atoms with van der Waals surface area (Å²) in [5.41, 5.74) is 4.06. The van der Waals surface area contributed by atoms with Gasteiger partial charge in [0.25, 0.3) is 0 Å². The molecule has 7 heteroatoms. The molecule has 0 saturated carbocycles. The number of ether oxygens (including phenoxy) is 2. The second-order valence-corrected chi connectivity index (χ2v) is 11.1. The van der Waals surface area contributed by atoms with Gasteiger partial charge in [0.05, 0.1) is 11.7 Å². The molecule has 1 N–H and O–H groups in total. The largest absolute Gasteiger partial charge is 0.508 e. The lowest BCUT2D eigenvalue weighted by Crippen LogP contribution is -2.42. The highest BCUT2D eigenvalue weighted by atomic mass is 16.6. The van der Waals surface area contributed by atoms with E-state index in [0.717, 1.165) is 74.9 Å². The molecule has 5 rings (SSSR count). The molecule has 1 atom stereocenters. The number of piperidine rings is 1. The Morgan fingerprint density at radius 2 is 1.83 bits per heavy atom. The molecule has 0 aliphatic carbocycles. The minimum absolute atomic E-state index is 0.0313. The van der Waals surface area contributed by atoms with E-state index in [1.54, 1.807) is 12.1 Å². The second kappa shape index (κ2) is 10.1. The molecule has 192 valence electrons. The van der Waals surface area contributed by atoms with E-state index in [2.05, 4.69) is 12.1 Å². The molecule has 0 radical (unpaired) electrons. The van der Waals surface area contributed by atoms with Crippen molar-refractivity contribution in [3.63, 3.8) is 0 Å². The fourth-order valence-corrected chi connectivity index (χ4v) is 5.31. The summed E-state index contributed by atoms with van der Waals surface area (Å²) in [6.07, 6.45) is 7.78. The van der Waals surface area contributed by atoms with Crippen molar-refractivity contribution in [1.29, 1.82) is 0 Å². The Balaban J connectivity index is 1.40. The second-order valence-electron chi connectivity index (χ2n) is 11.1. The summed E-state index contributed by atoms with van der Waals surface area (Å²) >= 11 is 0. The first kappa shape index (κ1) is 24.6. The number of benzene rings is 2. The maximum atomic E-state index is 12.5. The van der Waals surface area contributed by atoms with Gasteiger partial charge in [-0.3, -0.25) is 0 Å². The summed E-state index contributed by atoms with van der Waals surface area (Å²) in [6.45, 7) is 7.92. The topological polar surface area (TPSA) is 76.8 Å². The first-order valence-corrected chi connectivity index (χ1v) is 13.2. The fraction of sp³-hybridized carbons (Fsp3) is 0.517. The molecule has 1 amide bonds. The number of hydrogen-bond donors (Lipinski definition) is 1. The molecule has 0 bridgehead atoms. The Hall–Kier alpha value is -3.06. The van der Waals surface area contributed by atoms with E-state index in [-0.39, 0.29) is 18.1 Å². The van der Waals surface area contributed by atoms with Crippen molar-refractivity contribution >= 4 is 17.0 Å². The summed E-state index contributed by atoms with van der Waals surface area (Å²) in [5.74, 6) is 0.744. The number of fused-ring (bicyclic) bond motifs is 1. The van der Waals surface area contributed by atoms with E-state index >= 15 is 0 Å². The summed E-state index contributed by atoms with van der Waals surface area (Å²) in [6, 6.07) is 11.8. The van der Waals surface area contributed by atoms with E-state index in [4.69, 9.17) is 14.6 Å². The van der Waals surface area contributed by atoms with E-state index in [1.807, 2.05) is 48.7 Å². The van der Waals surface area contributed by atoms with Crippen LogP contribution >= 0.6 is 0 Å². The number of rotatable bonds is 4. The number of phenolic OH excluding ortho intramolecular Hbond substituents is 1. The summed E-state index contributed by atoms with van der Waals surface area (Å²) < 4.78 is 13.7. The summed E-state index contributed by atoms with van der Waals surface area (Å²) in [4.78, 5) is 14.3. The van der Waals surface area contributed by atoms with Crippen LogP contribution in [0, 0.1) is 5.92 Å². The van der Waals surface area contributed by atoms with Crippen LogP contribution in [0.25, 0.3) is 22.0 Å². The van der Waals surface area contributed by atoms with E-state index in [9.17, 15) is 9.90 Å². The molecule has 7 nitrogen and oxygen atoms in total. The lowest BCUT2D eigenvalue weighted by Gasteiger charge is -2.33. The molecule has 2 aliphatic rings. The van der Waals surface area contributed by atoms with E-state index < -0.39 is 5.60 Å². The molecule has 3 heterocycles. The van der Waals surface area contributed by atoms with Crippen LogP contribution in [0.15, 0.2) is 42.6 Å². The van der Waals surface area contributed by atoms with Crippen LogP contribution in [0.4, 0.5) is 4.79 Å². The van der Waals surface area contributed by atoms with Crippen LogP contribution in [0.2, 0.25) is 0 Å². The van der Waals surface area contributed by atoms with Crippen molar-refractivity contribution < 1.29 is 19.4 Å². The van der Waals surface area contributed by atoms with Crippen molar-refractivity contribution in [3.05, 3.63) is 48.2 Å². The standard InChI is InChI=1S/C29H37N3O4/c1-29(2,3)36-28(34)31-13-11-20(12-14-31)16-23-17-22(21-7-9-24(33)10-8-21)18-26-25(23)19-30-32(26)27-6-4-5-15-35-27/h7-10,17-20,27,33H,4-6,11-16H2,1-3H3. The average molecular weight is 492 g/mol. The Morgan fingerprint density at radius 3 is 2.50 bits per heavy atom. The maximum Gasteiger partial charge on any atom is 0.410 e. The van der Waals surface area contributed by atoms with Crippen molar-refractivity contribution in [3.8, 4) is 16.9 Å². The quantitative estimate of drug-likeness (QED) is 0.464. The third kappa shape index (κ3) is 5.51. The Morgan fingerprint density at radius 1 is 1.08 bits per heavy atom. The minimum atomic E-state index is -0.476. The highest BCUT2D eigenvalue weighted by molar-refractivity contribution is 5.88. The molecule has 1 unspecified atom stereocenters. The number of nitrogens with zero attached hydrogens (tertiary/aromatic N) is 3. The van der Waals surface area contributed by atoms with Crippen LogP contribution in [-0.4, -0.2) is 51.2 Å². The number of aromatic nitrogens is 2. The van der Waals surface area contributed by atoms with Crippen LogP contribution < -0.4 is 0 Å². The molecule has 2 aromatic carbocycles. The number of carbonyl (C=O) groups is 1. The van der Waals surface area contributed by atoms with Crippen LogP contribution in [-0.2, 0) is 15.9 Å². The van der Waals surface area contributed by atoms with Gasteiger partial charge in [-0.05, 0) is 100 Å². The average Bonchev–Trinajstić information content (AvgIpc) is 3.29. The molecule has 36 heavy (non-hydrogen) atoms. The number of carbonyl (C=O) groups excluding carboxylic acids is 1. The van der Waals surface area contributed by atoms with Gasteiger partial charge in [-0.1, -0.05) is 18.2 Å². The highest BCUT2D eigenvalue weighted by Gasteiger charge is 2.28. The Labute approximate surface area is 213 Å². The number of hydrogen-bond acceptors (Lipinski definition) is 5.